The highest BCUT2D eigenvalue weighted by atomic mass is 16.7. The second kappa shape index (κ2) is 5.76. The van der Waals surface area contributed by atoms with Crippen LogP contribution in [0.25, 0.3) is 10.9 Å². The fraction of sp³-hybridized carbons (Fsp3) is 0.273. The lowest BCUT2D eigenvalue weighted by Gasteiger charge is -2.46. The normalized spacial score (nSPS) is 35.0. The van der Waals surface area contributed by atoms with E-state index in [0.717, 1.165) is 4.90 Å². The zero-order valence-corrected chi connectivity index (χ0v) is 14.9. The fourth-order valence-electron chi connectivity index (χ4n) is 3.82. The van der Waals surface area contributed by atoms with Crippen molar-refractivity contribution in [3.8, 4) is 11.5 Å². The van der Waals surface area contributed by atoms with Gasteiger partial charge in [-0.05, 0) is 29.3 Å². The molecular weight excluding hydrogens is 370 g/mol. The molecule has 1 aromatic heterocycles. The first-order valence-electron chi connectivity index (χ1n) is 14.2. The Balaban J connectivity index is 1.79. The van der Waals surface area contributed by atoms with Crippen molar-refractivity contribution in [2.45, 2.75) is 18.5 Å². The van der Waals surface area contributed by atoms with Crippen LogP contribution in [0.1, 0.15) is 37.9 Å². The number of H-pyrrole nitrogens is 1. The summed E-state index contributed by atoms with van der Waals surface area (Å²) in [5.41, 5.74) is -1.25. The van der Waals surface area contributed by atoms with Crippen LogP contribution in [-0.4, -0.2) is 53.0 Å². The minimum atomic E-state index is -2.80. The number of rotatable bonds is 1. The number of nitrogens with zero attached hydrogens (tertiary/aromatic N) is 2. The summed E-state index contributed by atoms with van der Waals surface area (Å²) in [7, 11) is 1.28. The molecule has 1 saturated heterocycles. The highest BCUT2D eigenvalue weighted by Crippen LogP contribution is 2.44. The van der Waals surface area contributed by atoms with E-state index in [0.29, 0.717) is 4.90 Å². The molecule has 3 aromatic rings. The predicted molar refractivity (Wildman–Crippen MR) is 105 cm³/mol. The first-order valence-corrected chi connectivity index (χ1v) is 8.69. The van der Waals surface area contributed by atoms with Gasteiger partial charge in [-0.15, -0.1) is 0 Å². The van der Waals surface area contributed by atoms with Crippen LogP contribution in [0, 0.1) is 0 Å². The Morgan fingerprint density at radius 2 is 2.03 bits per heavy atom. The van der Waals surface area contributed by atoms with Crippen LogP contribution in [0.15, 0.2) is 42.3 Å². The molecule has 0 radical (unpaired) electrons. The molecule has 0 unspecified atom stereocenters. The first kappa shape index (κ1) is 8.90. The summed E-state index contributed by atoms with van der Waals surface area (Å²) in [6, 6.07) is -10.0. The molecular formula is C22H19N3O4. The second-order valence-electron chi connectivity index (χ2n) is 6.79. The molecule has 0 spiro atoms. The highest BCUT2D eigenvalue weighted by Gasteiger charge is 2.47. The van der Waals surface area contributed by atoms with Crippen molar-refractivity contribution in [2.24, 2.45) is 0 Å². The van der Waals surface area contributed by atoms with Crippen molar-refractivity contribution < 1.29 is 34.1 Å². The Labute approximate surface area is 182 Å². The standard InChI is InChI=1S/C22H19N3O4/c1-24-10-19(26)25-16(22(24)27)9-14-13-4-2-3-5-15(13)23-20(14)21(25)12-6-7-17-18(8-12)29-11-28-17/h2-8,16,21,23H,9-11H2,1H3/t16-,21-/m1/s1/i2D,3D,4D,5D,6D,7D,8D,11D2,16D,21D. The molecule has 4 heterocycles. The lowest BCUT2D eigenvalue weighted by molar-refractivity contribution is -0.157. The summed E-state index contributed by atoms with van der Waals surface area (Å²) in [6.07, 6.45) is -0.582. The van der Waals surface area contributed by atoms with Crippen molar-refractivity contribution in [3.05, 3.63) is 59.1 Å². The van der Waals surface area contributed by atoms with Crippen molar-refractivity contribution in [3.63, 3.8) is 0 Å². The number of aromatic amines is 1. The Morgan fingerprint density at radius 3 is 2.93 bits per heavy atom. The number of carbonyl (C=O) groups is 2. The number of amides is 2. The molecule has 7 heteroatoms. The highest BCUT2D eigenvalue weighted by molar-refractivity contribution is 5.97. The molecule has 1 fully saturated rings. The van der Waals surface area contributed by atoms with E-state index in [1.165, 1.54) is 7.05 Å². The third-order valence-corrected chi connectivity index (χ3v) is 5.10. The molecule has 0 aliphatic carbocycles. The number of benzene rings is 2. The summed E-state index contributed by atoms with van der Waals surface area (Å²) >= 11 is 0. The molecule has 2 atom stereocenters. The van der Waals surface area contributed by atoms with E-state index >= 15 is 0 Å². The largest absolute Gasteiger partial charge is 0.454 e. The number of hydrogen-bond donors (Lipinski definition) is 1. The number of nitrogens with one attached hydrogen (secondary N) is 1. The molecule has 6 rings (SSSR count). The maximum Gasteiger partial charge on any atom is 0.245 e. The van der Waals surface area contributed by atoms with Crippen LogP contribution in [0.2, 0.25) is 0 Å². The topological polar surface area (TPSA) is 74.9 Å². The van der Waals surface area contributed by atoms with Gasteiger partial charge in [0.15, 0.2) is 11.5 Å². The van der Waals surface area contributed by atoms with Crippen LogP contribution < -0.4 is 9.47 Å². The number of aromatic nitrogens is 1. The molecule has 2 amide bonds. The average molecular weight is 400 g/mol. The smallest absolute Gasteiger partial charge is 0.245 e. The zero-order chi connectivity index (χ0) is 29.4. The van der Waals surface area contributed by atoms with Gasteiger partial charge in [0.05, 0.1) is 24.9 Å². The molecule has 29 heavy (non-hydrogen) atoms. The van der Waals surface area contributed by atoms with E-state index in [2.05, 4.69) is 4.98 Å². The van der Waals surface area contributed by atoms with E-state index in [-0.39, 0.29) is 22.2 Å². The van der Waals surface area contributed by atoms with Crippen molar-refractivity contribution in [2.75, 3.05) is 20.3 Å². The Hall–Kier alpha value is -3.48. The third-order valence-electron chi connectivity index (χ3n) is 5.10. The van der Waals surface area contributed by atoms with Gasteiger partial charge in [0.2, 0.25) is 18.6 Å². The number of likely N-dealkylation sites (N-methyl/N-ethyl adjacent to an activating group) is 1. The minimum absolute atomic E-state index is 0.0713. The molecule has 0 bridgehead atoms. The molecule has 3 aliphatic rings. The molecule has 3 aliphatic heterocycles. The number of fused-ring (bicyclic) bond motifs is 5. The lowest BCUT2D eigenvalue weighted by atomic mass is 9.86. The number of para-hydroxylation sites is 1. The molecule has 1 N–H and O–H groups in total. The molecule has 146 valence electrons. The maximum atomic E-state index is 13.5. The molecule has 2 aromatic carbocycles. The Kier molecular flexibility index (Phi) is 1.77. The molecule has 0 saturated carbocycles. The van der Waals surface area contributed by atoms with Crippen LogP contribution in [0.4, 0.5) is 0 Å². The fourth-order valence-corrected chi connectivity index (χ4v) is 3.82. The van der Waals surface area contributed by atoms with Crippen molar-refractivity contribution >= 4 is 22.7 Å². The van der Waals surface area contributed by atoms with E-state index in [4.69, 9.17) is 21.8 Å². The van der Waals surface area contributed by atoms with Gasteiger partial charge in [0.1, 0.15) is 8.76 Å². The summed E-state index contributed by atoms with van der Waals surface area (Å²) in [5, 5.41) is -0.126. The molecule has 7 nitrogen and oxygen atoms in total. The van der Waals surface area contributed by atoms with Crippen LogP contribution >= 0.6 is 0 Å². The average Bonchev–Trinajstić information content (AvgIpc) is 3.41. The van der Waals surface area contributed by atoms with Gasteiger partial charge in [-0.25, -0.2) is 0 Å². The van der Waals surface area contributed by atoms with Crippen molar-refractivity contribution in [1.82, 2.24) is 14.8 Å². The third kappa shape index (κ3) is 2.24. The number of hydrogen-bond acceptors (Lipinski definition) is 4. The predicted octanol–water partition coefficient (Wildman–Crippen LogP) is 2.21. The Bertz CT molecular complexity index is 1730. The first-order chi connectivity index (χ1) is 18.5. The second-order valence-corrected chi connectivity index (χ2v) is 6.79. The lowest BCUT2D eigenvalue weighted by Crippen LogP contribution is -2.62. The quantitative estimate of drug-likeness (QED) is 0.680. The summed E-state index contributed by atoms with van der Waals surface area (Å²) in [6.45, 7) is -3.36. The minimum Gasteiger partial charge on any atom is -0.454 e. The van der Waals surface area contributed by atoms with Gasteiger partial charge in [-0.3, -0.25) is 9.59 Å². The number of carbonyl (C=O) groups excluding carboxylic acids is 2. The zero-order valence-electron chi connectivity index (χ0n) is 25.9. The number of ether oxygens (including phenoxy) is 2. The van der Waals surface area contributed by atoms with Gasteiger partial charge < -0.3 is 24.3 Å². The van der Waals surface area contributed by atoms with Crippen LogP contribution in [0.5, 0.6) is 11.5 Å². The summed E-state index contributed by atoms with van der Waals surface area (Å²) in [4.78, 5) is 31.3. The van der Waals surface area contributed by atoms with Crippen LogP contribution in [-0.2, 0) is 16.0 Å². The van der Waals surface area contributed by atoms with Gasteiger partial charge in [0.25, 0.3) is 0 Å². The van der Waals surface area contributed by atoms with Gasteiger partial charge >= 0.3 is 0 Å². The van der Waals surface area contributed by atoms with E-state index in [1.807, 2.05) is 0 Å². The summed E-state index contributed by atoms with van der Waals surface area (Å²) in [5.74, 6) is -3.01. The van der Waals surface area contributed by atoms with Crippen molar-refractivity contribution in [1.29, 1.82) is 0 Å². The van der Waals surface area contributed by atoms with Crippen LogP contribution in [0.3, 0.4) is 0 Å². The monoisotopic (exact) mass is 400 g/mol. The Morgan fingerprint density at radius 1 is 1.21 bits per heavy atom. The van der Waals surface area contributed by atoms with Gasteiger partial charge in [-0.1, -0.05) is 24.2 Å². The van der Waals surface area contributed by atoms with Gasteiger partial charge in [0, 0.05) is 30.1 Å². The van der Waals surface area contributed by atoms with E-state index < -0.39 is 103 Å². The SMILES string of the molecule is [2H]c1c([2H])c([C@]2([2H])c3[nH]c4c([2H])c([2H])c([2H])c([2H])c4c3C[C@]3([2H])C(=O)N(C)CC(=O)N23)c([2H])c2c1OC([2H])([2H])O2. The van der Waals surface area contributed by atoms with E-state index in [9.17, 15) is 12.3 Å². The van der Waals surface area contributed by atoms with E-state index in [1.54, 1.807) is 0 Å². The van der Waals surface area contributed by atoms with Gasteiger partial charge in [-0.2, -0.15) is 0 Å². The summed E-state index contributed by atoms with van der Waals surface area (Å²) < 4.78 is 104. The number of piperazine rings is 1. The maximum absolute atomic E-state index is 13.5.